The van der Waals surface area contributed by atoms with Crippen LogP contribution in [0.1, 0.15) is 51.2 Å². The van der Waals surface area contributed by atoms with Gasteiger partial charge in [0.1, 0.15) is 5.60 Å². The number of alkyl halides is 3. The molecule has 1 amide bonds. The van der Waals surface area contributed by atoms with Crippen LogP contribution in [0, 0.1) is 5.92 Å². The molecule has 1 unspecified atom stereocenters. The number of hydrogen-bond donors (Lipinski definition) is 0. The maximum Gasteiger partial charge on any atom is 0.435 e. The highest BCUT2D eigenvalue weighted by Crippen LogP contribution is 2.50. The number of Topliss-reactive ketones (excluding diaryl/α,β-unsaturated/α-hetero) is 1. The first-order valence-electron chi connectivity index (χ1n) is 11.7. The minimum atomic E-state index is -4.87. The minimum Gasteiger partial charge on any atom is -0.443 e. The van der Waals surface area contributed by atoms with Crippen molar-refractivity contribution < 1.29 is 32.3 Å². The summed E-state index contributed by atoms with van der Waals surface area (Å²) in [5.41, 5.74) is -3.73. The Morgan fingerprint density at radius 1 is 1.08 bits per heavy atom. The number of hydrogen-bond acceptors (Lipinski definition) is 5. The van der Waals surface area contributed by atoms with Gasteiger partial charge in [-0.2, -0.15) is 13.2 Å². The van der Waals surface area contributed by atoms with E-state index in [0.29, 0.717) is 0 Å². The summed E-state index contributed by atoms with van der Waals surface area (Å²) in [6, 6.07) is 7.83. The van der Waals surface area contributed by atoms with Crippen LogP contribution in [-0.4, -0.2) is 35.9 Å². The van der Waals surface area contributed by atoms with E-state index in [0.717, 1.165) is 29.9 Å². The predicted molar refractivity (Wildman–Crippen MR) is 139 cm³/mol. The Hall–Kier alpha value is -2.49. The van der Waals surface area contributed by atoms with E-state index in [4.69, 9.17) is 44.4 Å². The standard InChI is InChI=1S/C26H24Cl3F3N2O4/c1-24(2,3)37-23(36)34(13-22(35)14-4-5-14)21-8-15(6-7-19(21)29)20-12-25(38-33-20,26(30,31)32)16-9-17(27)11-18(28)10-16/h6-11,14H,4-5,12-13H2,1-3H3. The lowest BCUT2D eigenvalue weighted by Crippen LogP contribution is -2.42. The molecule has 6 nitrogen and oxygen atoms in total. The summed E-state index contributed by atoms with van der Waals surface area (Å²) in [6.45, 7) is 4.73. The highest BCUT2D eigenvalue weighted by molar-refractivity contribution is 6.35. The van der Waals surface area contributed by atoms with Crippen molar-refractivity contribution in [2.24, 2.45) is 11.1 Å². The molecule has 1 saturated carbocycles. The summed E-state index contributed by atoms with van der Waals surface area (Å²) < 4.78 is 48.7. The third kappa shape index (κ3) is 6.05. The Bertz CT molecular complexity index is 1290. The molecular weight excluding hydrogens is 568 g/mol. The molecular formula is C26H24Cl3F3N2O4. The van der Waals surface area contributed by atoms with E-state index in [1.54, 1.807) is 20.8 Å². The Balaban J connectivity index is 1.70. The van der Waals surface area contributed by atoms with Crippen LogP contribution in [0.4, 0.5) is 23.7 Å². The lowest BCUT2D eigenvalue weighted by molar-refractivity contribution is -0.275. The van der Waals surface area contributed by atoms with Gasteiger partial charge in [0.2, 0.25) is 0 Å². The fraction of sp³-hybridized carbons (Fsp3) is 0.423. The summed E-state index contributed by atoms with van der Waals surface area (Å²) in [5, 5.41) is 3.88. The van der Waals surface area contributed by atoms with Crippen LogP contribution in [0.15, 0.2) is 41.6 Å². The first-order valence-corrected chi connectivity index (χ1v) is 12.8. The molecule has 0 radical (unpaired) electrons. The van der Waals surface area contributed by atoms with Crippen molar-refractivity contribution in [3.05, 3.63) is 62.6 Å². The molecule has 1 aliphatic heterocycles. The largest absolute Gasteiger partial charge is 0.443 e. The molecule has 0 bridgehead atoms. The Kier molecular flexibility index (Phi) is 7.69. The molecule has 38 heavy (non-hydrogen) atoms. The summed E-state index contributed by atoms with van der Waals surface area (Å²) in [5.74, 6) is -0.306. The predicted octanol–water partition coefficient (Wildman–Crippen LogP) is 7.95. The number of amides is 1. The molecule has 2 aliphatic rings. The molecule has 12 heteroatoms. The van der Waals surface area contributed by atoms with Gasteiger partial charge in [0.15, 0.2) is 5.78 Å². The second kappa shape index (κ2) is 10.2. The molecule has 0 N–H and O–H groups in total. The van der Waals surface area contributed by atoms with Crippen LogP contribution in [0.3, 0.4) is 0 Å². The van der Waals surface area contributed by atoms with Gasteiger partial charge in [0.05, 0.1) is 23.0 Å². The first-order chi connectivity index (χ1) is 17.6. The number of oxime groups is 1. The van der Waals surface area contributed by atoms with E-state index >= 15 is 0 Å². The van der Waals surface area contributed by atoms with Crippen LogP contribution < -0.4 is 4.90 Å². The number of carbonyl (C=O) groups excluding carboxylic acids is 2. The van der Waals surface area contributed by atoms with E-state index < -0.39 is 29.9 Å². The van der Waals surface area contributed by atoms with Gasteiger partial charge in [-0.1, -0.05) is 46.0 Å². The topological polar surface area (TPSA) is 68.2 Å². The molecule has 1 fully saturated rings. The average Bonchev–Trinajstić information content (AvgIpc) is 3.53. The molecule has 0 saturated heterocycles. The van der Waals surface area contributed by atoms with Crippen molar-refractivity contribution in [3.63, 3.8) is 0 Å². The van der Waals surface area contributed by atoms with Crippen LogP contribution in [0.2, 0.25) is 15.1 Å². The summed E-state index contributed by atoms with van der Waals surface area (Å²) >= 11 is 18.4. The van der Waals surface area contributed by atoms with Crippen LogP contribution in [0.5, 0.6) is 0 Å². The Labute approximate surface area is 232 Å². The van der Waals surface area contributed by atoms with Crippen LogP contribution in [0.25, 0.3) is 0 Å². The summed E-state index contributed by atoms with van der Waals surface area (Å²) in [7, 11) is 0. The van der Waals surface area contributed by atoms with Crippen molar-refractivity contribution >= 4 is 58.1 Å². The molecule has 1 heterocycles. The highest BCUT2D eigenvalue weighted by atomic mass is 35.5. The van der Waals surface area contributed by atoms with Gasteiger partial charge in [0.25, 0.3) is 5.60 Å². The normalized spacial score (nSPS) is 19.6. The molecule has 2 aromatic carbocycles. The van der Waals surface area contributed by atoms with E-state index in [2.05, 4.69) is 5.16 Å². The number of anilines is 1. The number of ether oxygens (including phenoxy) is 1. The van der Waals surface area contributed by atoms with E-state index in [-0.39, 0.29) is 55.8 Å². The number of rotatable bonds is 6. The molecule has 204 valence electrons. The highest BCUT2D eigenvalue weighted by Gasteiger charge is 2.62. The zero-order chi connectivity index (χ0) is 28.0. The number of nitrogens with zero attached hydrogens (tertiary/aromatic N) is 2. The maximum absolute atomic E-state index is 14.4. The average molecular weight is 592 g/mol. The number of ketones is 1. The van der Waals surface area contributed by atoms with Gasteiger partial charge in [-0.15, -0.1) is 0 Å². The number of benzene rings is 2. The number of halogens is 6. The van der Waals surface area contributed by atoms with E-state index in [9.17, 15) is 22.8 Å². The molecule has 2 aromatic rings. The van der Waals surface area contributed by atoms with E-state index in [1.165, 1.54) is 24.3 Å². The van der Waals surface area contributed by atoms with Gasteiger partial charge in [-0.3, -0.25) is 9.69 Å². The Morgan fingerprint density at radius 3 is 2.26 bits per heavy atom. The first kappa shape index (κ1) is 28.5. The zero-order valence-corrected chi connectivity index (χ0v) is 22.9. The van der Waals surface area contributed by atoms with Crippen molar-refractivity contribution in [1.82, 2.24) is 0 Å². The molecule has 0 spiro atoms. The van der Waals surface area contributed by atoms with Crippen LogP contribution in [-0.2, 0) is 20.0 Å². The monoisotopic (exact) mass is 590 g/mol. The maximum atomic E-state index is 14.4. The third-order valence-electron chi connectivity index (χ3n) is 6.05. The Morgan fingerprint density at radius 2 is 1.71 bits per heavy atom. The quantitative estimate of drug-likeness (QED) is 0.342. The van der Waals surface area contributed by atoms with Crippen molar-refractivity contribution in [2.45, 2.75) is 57.4 Å². The smallest absolute Gasteiger partial charge is 0.435 e. The van der Waals surface area contributed by atoms with Crippen molar-refractivity contribution in [2.75, 3.05) is 11.4 Å². The lowest BCUT2D eigenvalue weighted by atomic mass is 9.86. The zero-order valence-electron chi connectivity index (χ0n) is 20.7. The molecule has 4 rings (SSSR count). The van der Waals surface area contributed by atoms with Crippen molar-refractivity contribution in [1.29, 1.82) is 0 Å². The SMILES string of the molecule is CC(C)(C)OC(=O)N(CC(=O)C1CC1)c1cc(C2=NOC(c3cc(Cl)cc(Cl)c3)(C(F)(F)F)C2)ccc1Cl. The van der Waals surface area contributed by atoms with Gasteiger partial charge < -0.3 is 9.57 Å². The fourth-order valence-corrected chi connectivity index (χ4v) is 4.75. The van der Waals surface area contributed by atoms with Gasteiger partial charge in [-0.25, -0.2) is 4.79 Å². The van der Waals surface area contributed by atoms with Gasteiger partial charge in [0, 0.05) is 33.5 Å². The second-order valence-corrected chi connectivity index (χ2v) is 11.5. The minimum absolute atomic E-state index is 0.00952. The fourth-order valence-electron chi connectivity index (χ4n) is 4.00. The van der Waals surface area contributed by atoms with Crippen molar-refractivity contribution in [3.8, 4) is 0 Å². The summed E-state index contributed by atoms with van der Waals surface area (Å²) in [4.78, 5) is 31.9. The lowest BCUT2D eigenvalue weighted by Gasteiger charge is -2.30. The van der Waals surface area contributed by atoms with Crippen LogP contribution >= 0.6 is 34.8 Å². The van der Waals surface area contributed by atoms with E-state index in [1.807, 2.05) is 0 Å². The molecule has 0 aromatic heterocycles. The third-order valence-corrected chi connectivity index (χ3v) is 6.80. The van der Waals surface area contributed by atoms with Gasteiger partial charge >= 0.3 is 12.3 Å². The number of carbonyl (C=O) groups is 2. The second-order valence-electron chi connectivity index (χ2n) is 10.3. The summed E-state index contributed by atoms with van der Waals surface area (Å²) in [6.07, 6.45) is -4.91. The molecule has 1 aliphatic carbocycles. The van der Waals surface area contributed by atoms with Gasteiger partial charge in [-0.05, 0) is 63.9 Å². The molecule has 1 atom stereocenters.